The number of hydrogen-bond acceptors (Lipinski definition) is 4. The highest BCUT2D eigenvalue weighted by atomic mass is 32.2. The highest BCUT2D eigenvalue weighted by Crippen LogP contribution is 2.26. The van der Waals surface area contributed by atoms with Gasteiger partial charge in [0.15, 0.2) is 0 Å². The Morgan fingerprint density at radius 3 is 2.62 bits per heavy atom. The van der Waals surface area contributed by atoms with Gasteiger partial charge in [-0.3, -0.25) is 0 Å². The zero-order valence-corrected chi connectivity index (χ0v) is 14.2. The molecule has 0 amide bonds. The monoisotopic (exact) mass is 303 g/mol. The molecular weight excluding hydrogens is 278 g/mol. The summed E-state index contributed by atoms with van der Waals surface area (Å²) in [6.45, 7) is 6.21. The summed E-state index contributed by atoms with van der Waals surface area (Å²) in [5.41, 5.74) is 1.27. The topological polar surface area (TPSA) is 28.2 Å². The van der Waals surface area contributed by atoms with Crippen molar-refractivity contribution in [3.05, 3.63) is 36.0 Å². The second-order valence-electron chi connectivity index (χ2n) is 5.60. The van der Waals surface area contributed by atoms with Gasteiger partial charge in [-0.05, 0) is 17.2 Å². The third kappa shape index (κ3) is 4.11. The van der Waals surface area contributed by atoms with Gasteiger partial charge in [0.1, 0.15) is 5.82 Å². The van der Waals surface area contributed by atoms with Crippen molar-refractivity contribution in [1.82, 2.24) is 10.3 Å². The third-order valence-corrected chi connectivity index (χ3v) is 4.14. The zero-order chi connectivity index (χ0) is 15.2. The summed E-state index contributed by atoms with van der Waals surface area (Å²) < 4.78 is 0. The number of anilines is 1. The molecule has 2 rings (SSSR count). The molecule has 0 aliphatic rings. The molecule has 4 heteroatoms. The lowest BCUT2D eigenvalue weighted by Gasteiger charge is -2.21. The van der Waals surface area contributed by atoms with E-state index in [-0.39, 0.29) is 0 Å². The van der Waals surface area contributed by atoms with E-state index in [0.717, 1.165) is 24.7 Å². The lowest BCUT2D eigenvalue weighted by molar-refractivity contribution is 0.590. The molecule has 0 spiro atoms. The molecule has 0 aliphatic carbocycles. The molecule has 0 radical (unpaired) electrons. The first-order chi connectivity index (χ1) is 10.1. The molecule has 0 aliphatic heterocycles. The Bertz CT molecular complexity index is 583. The quantitative estimate of drug-likeness (QED) is 0.847. The number of hydrogen-bond donors (Lipinski definition) is 1. The summed E-state index contributed by atoms with van der Waals surface area (Å²) in [4.78, 5) is 6.96. The number of nitrogens with one attached hydrogen (secondary N) is 1. The van der Waals surface area contributed by atoms with E-state index >= 15 is 0 Å². The van der Waals surface area contributed by atoms with Crippen molar-refractivity contribution in [2.45, 2.75) is 26.4 Å². The van der Waals surface area contributed by atoms with E-state index < -0.39 is 0 Å². The minimum absolute atomic E-state index is 0.479. The van der Waals surface area contributed by atoms with Crippen LogP contribution >= 0.6 is 11.8 Å². The summed E-state index contributed by atoms with van der Waals surface area (Å²) in [6.07, 6.45) is 4.16. The maximum absolute atomic E-state index is 4.71. The number of aromatic nitrogens is 1. The maximum atomic E-state index is 4.71. The fraction of sp³-hybridized carbons (Fsp3) is 0.471. The van der Waals surface area contributed by atoms with Crippen molar-refractivity contribution < 1.29 is 0 Å². The van der Waals surface area contributed by atoms with Crippen LogP contribution in [0.4, 0.5) is 5.82 Å². The molecule has 0 saturated heterocycles. The van der Waals surface area contributed by atoms with Crippen LogP contribution in [0, 0.1) is 0 Å². The first-order valence-electron chi connectivity index (χ1n) is 7.43. The molecule has 1 aromatic carbocycles. The standard InChI is InChI=1S/C17H25N3S/c1-13(2)18-11-14-12-19-17(20(3)9-10-21-4)16-8-6-5-7-15(14)16/h5-8,12-13,18H,9-11H2,1-4H3. The van der Waals surface area contributed by atoms with Crippen molar-refractivity contribution in [1.29, 1.82) is 0 Å². The highest BCUT2D eigenvalue weighted by Gasteiger charge is 2.10. The fourth-order valence-electron chi connectivity index (χ4n) is 2.33. The second kappa shape index (κ2) is 7.66. The van der Waals surface area contributed by atoms with Crippen molar-refractivity contribution in [3.63, 3.8) is 0 Å². The van der Waals surface area contributed by atoms with Gasteiger partial charge in [0.05, 0.1) is 0 Å². The third-order valence-electron chi connectivity index (χ3n) is 3.55. The van der Waals surface area contributed by atoms with Crippen molar-refractivity contribution >= 4 is 28.4 Å². The largest absolute Gasteiger partial charge is 0.358 e. The van der Waals surface area contributed by atoms with Crippen LogP contribution in [0.5, 0.6) is 0 Å². The van der Waals surface area contributed by atoms with Gasteiger partial charge in [0.25, 0.3) is 0 Å². The van der Waals surface area contributed by atoms with Gasteiger partial charge in [-0.15, -0.1) is 0 Å². The predicted molar refractivity (Wildman–Crippen MR) is 95.4 cm³/mol. The second-order valence-corrected chi connectivity index (χ2v) is 6.59. The first kappa shape index (κ1) is 16.1. The predicted octanol–water partition coefficient (Wildman–Crippen LogP) is 3.53. The number of benzene rings is 1. The normalized spacial score (nSPS) is 11.3. The Morgan fingerprint density at radius 2 is 1.95 bits per heavy atom. The lowest BCUT2D eigenvalue weighted by atomic mass is 10.1. The molecule has 3 nitrogen and oxygen atoms in total. The Balaban J connectivity index is 2.34. The van der Waals surface area contributed by atoms with Gasteiger partial charge in [-0.2, -0.15) is 11.8 Å². The Hall–Kier alpha value is -1.26. The number of pyridine rings is 1. The van der Waals surface area contributed by atoms with Crippen molar-refractivity contribution in [2.75, 3.05) is 30.5 Å². The molecule has 114 valence electrons. The van der Waals surface area contributed by atoms with Crippen LogP contribution in [0.1, 0.15) is 19.4 Å². The van der Waals surface area contributed by atoms with Crippen LogP contribution in [-0.2, 0) is 6.54 Å². The number of thioether (sulfide) groups is 1. The average molecular weight is 303 g/mol. The summed E-state index contributed by atoms with van der Waals surface area (Å²) in [5.74, 6) is 2.19. The van der Waals surface area contributed by atoms with Crippen LogP contribution < -0.4 is 10.2 Å². The number of rotatable bonds is 7. The minimum Gasteiger partial charge on any atom is -0.358 e. The van der Waals surface area contributed by atoms with Crippen LogP contribution in [0.3, 0.4) is 0 Å². The molecule has 21 heavy (non-hydrogen) atoms. The Labute approximate surface area is 132 Å². The number of nitrogens with zero attached hydrogens (tertiary/aromatic N) is 2. The lowest BCUT2D eigenvalue weighted by Crippen LogP contribution is -2.23. The maximum Gasteiger partial charge on any atom is 0.136 e. The van der Waals surface area contributed by atoms with Crippen LogP contribution in [0.25, 0.3) is 10.8 Å². The number of fused-ring (bicyclic) bond motifs is 1. The summed E-state index contributed by atoms with van der Waals surface area (Å²) in [7, 11) is 2.12. The van der Waals surface area contributed by atoms with E-state index in [1.807, 2.05) is 18.0 Å². The zero-order valence-electron chi connectivity index (χ0n) is 13.4. The van der Waals surface area contributed by atoms with Gasteiger partial charge in [-0.25, -0.2) is 4.98 Å². The SMILES string of the molecule is CSCCN(C)c1ncc(CNC(C)C)c2ccccc12. The minimum atomic E-state index is 0.479. The van der Waals surface area contributed by atoms with Crippen molar-refractivity contribution in [2.24, 2.45) is 0 Å². The summed E-state index contributed by atoms with van der Waals surface area (Å²) in [6, 6.07) is 9.04. The smallest absolute Gasteiger partial charge is 0.136 e. The van der Waals surface area contributed by atoms with E-state index in [0.29, 0.717) is 6.04 Å². The molecule has 0 saturated carbocycles. The molecule has 0 bridgehead atoms. The van der Waals surface area contributed by atoms with Gasteiger partial charge < -0.3 is 10.2 Å². The Morgan fingerprint density at radius 1 is 1.24 bits per heavy atom. The van der Waals surface area contributed by atoms with E-state index in [2.05, 4.69) is 61.6 Å². The first-order valence-corrected chi connectivity index (χ1v) is 8.83. The summed E-state index contributed by atoms with van der Waals surface area (Å²) in [5, 5.41) is 6.02. The molecule has 0 atom stereocenters. The van der Waals surface area contributed by atoms with E-state index in [1.165, 1.54) is 16.3 Å². The molecule has 1 N–H and O–H groups in total. The molecule has 0 fully saturated rings. The Kier molecular flexibility index (Phi) is 5.88. The van der Waals surface area contributed by atoms with Gasteiger partial charge in [0.2, 0.25) is 0 Å². The van der Waals surface area contributed by atoms with Gasteiger partial charge in [-0.1, -0.05) is 38.1 Å². The van der Waals surface area contributed by atoms with Crippen LogP contribution in [0.2, 0.25) is 0 Å². The highest BCUT2D eigenvalue weighted by molar-refractivity contribution is 7.98. The average Bonchev–Trinajstić information content (AvgIpc) is 2.50. The molecule has 2 aromatic rings. The van der Waals surface area contributed by atoms with E-state index in [9.17, 15) is 0 Å². The summed E-state index contributed by atoms with van der Waals surface area (Å²) >= 11 is 1.87. The van der Waals surface area contributed by atoms with Gasteiger partial charge in [0, 0.05) is 43.5 Å². The molecular formula is C17H25N3S. The van der Waals surface area contributed by atoms with Gasteiger partial charge >= 0.3 is 0 Å². The van der Waals surface area contributed by atoms with Crippen LogP contribution in [-0.4, -0.2) is 36.6 Å². The van der Waals surface area contributed by atoms with E-state index in [1.54, 1.807) is 0 Å². The molecule has 0 unspecified atom stereocenters. The fourth-order valence-corrected chi connectivity index (χ4v) is 2.79. The van der Waals surface area contributed by atoms with E-state index in [4.69, 9.17) is 4.98 Å². The molecule has 1 aromatic heterocycles. The molecule has 1 heterocycles. The van der Waals surface area contributed by atoms with Crippen LogP contribution in [0.15, 0.2) is 30.5 Å². The van der Waals surface area contributed by atoms with Crippen molar-refractivity contribution in [3.8, 4) is 0 Å².